The number of hydrogen-bond acceptors (Lipinski definition) is 3. The number of hydrogen-bond donors (Lipinski definition) is 2. The predicted octanol–water partition coefficient (Wildman–Crippen LogP) is 4.64. The summed E-state index contributed by atoms with van der Waals surface area (Å²) in [6, 6.07) is 15.6. The molecule has 2 N–H and O–H groups in total. The highest BCUT2D eigenvalue weighted by atomic mass is 16.2. The van der Waals surface area contributed by atoms with E-state index in [0.717, 1.165) is 22.5 Å². The zero-order chi connectivity index (χ0) is 22.3. The number of amides is 3. The van der Waals surface area contributed by atoms with Crippen LogP contribution in [0.5, 0.6) is 0 Å². The monoisotopic (exact) mass is 410 g/mol. The third-order valence-electron chi connectivity index (χ3n) is 5.03. The molecule has 0 aliphatic heterocycles. The van der Waals surface area contributed by atoms with Crippen molar-refractivity contribution in [1.82, 2.24) is 10.2 Å². The Labute approximate surface area is 180 Å². The van der Waals surface area contributed by atoms with E-state index >= 15 is 0 Å². The smallest absolute Gasteiger partial charge is 0.318 e. The Morgan fingerprint density at radius 1 is 1.00 bits per heavy atom. The first kappa shape index (κ1) is 23.3. The van der Waals surface area contributed by atoms with E-state index in [4.69, 9.17) is 0 Å². The summed E-state index contributed by atoms with van der Waals surface area (Å²) < 4.78 is 0. The molecule has 0 saturated carbocycles. The maximum absolute atomic E-state index is 12.9. The van der Waals surface area contributed by atoms with E-state index in [0.29, 0.717) is 13.1 Å². The molecule has 0 aromatic heterocycles. The Morgan fingerprint density at radius 2 is 1.67 bits per heavy atom. The molecule has 0 bridgehead atoms. The summed E-state index contributed by atoms with van der Waals surface area (Å²) in [4.78, 5) is 28.9. The molecule has 0 aliphatic rings. The van der Waals surface area contributed by atoms with Crippen LogP contribution in [0.2, 0.25) is 0 Å². The van der Waals surface area contributed by atoms with Gasteiger partial charge in [0.1, 0.15) is 0 Å². The van der Waals surface area contributed by atoms with Gasteiger partial charge in [-0.05, 0) is 43.2 Å². The van der Waals surface area contributed by atoms with Gasteiger partial charge in [-0.2, -0.15) is 0 Å². The topological polar surface area (TPSA) is 64.7 Å². The lowest BCUT2D eigenvalue weighted by Crippen LogP contribution is -2.41. The molecule has 2 aromatic carbocycles. The Morgan fingerprint density at radius 3 is 2.23 bits per heavy atom. The quantitative estimate of drug-likeness (QED) is 0.666. The highest BCUT2D eigenvalue weighted by Gasteiger charge is 2.23. The summed E-state index contributed by atoms with van der Waals surface area (Å²) in [5.41, 5.74) is 3.78. The molecule has 0 aliphatic carbocycles. The van der Waals surface area contributed by atoms with Gasteiger partial charge in [-0.15, -0.1) is 0 Å². The van der Waals surface area contributed by atoms with Crippen LogP contribution < -0.4 is 15.5 Å². The summed E-state index contributed by atoms with van der Waals surface area (Å²) in [7, 11) is 3.95. The molecule has 162 valence electrons. The van der Waals surface area contributed by atoms with Crippen molar-refractivity contribution < 1.29 is 9.59 Å². The van der Waals surface area contributed by atoms with Crippen LogP contribution in [0.15, 0.2) is 48.5 Å². The van der Waals surface area contributed by atoms with Crippen molar-refractivity contribution in [3.8, 4) is 0 Å². The lowest BCUT2D eigenvalue weighted by Gasteiger charge is -2.31. The number of rotatable bonds is 8. The minimum absolute atomic E-state index is 0.0308. The summed E-state index contributed by atoms with van der Waals surface area (Å²) >= 11 is 0. The Bertz CT molecular complexity index is 850. The zero-order valence-electron chi connectivity index (χ0n) is 18.9. The third kappa shape index (κ3) is 5.99. The Kier molecular flexibility index (Phi) is 8.27. The molecular formula is C24H34N4O2. The maximum atomic E-state index is 12.9. The molecule has 6 nitrogen and oxygen atoms in total. The van der Waals surface area contributed by atoms with E-state index in [-0.39, 0.29) is 23.9 Å². The van der Waals surface area contributed by atoms with Crippen LogP contribution in [0.4, 0.5) is 16.2 Å². The molecule has 0 fully saturated rings. The second-order valence-electron chi connectivity index (χ2n) is 7.93. The predicted molar refractivity (Wildman–Crippen MR) is 124 cm³/mol. The van der Waals surface area contributed by atoms with Crippen molar-refractivity contribution >= 4 is 23.3 Å². The van der Waals surface area contributed by atoms with Crippen LogP contribution in [0.1, 0.15) is 44.9 Å². The molecule has 30 heavy (non-hydrogen) atoms. The SMILES string of the molecule is CCNC(=O)N(Cc1cc(NC(=O)C(C)C)ccc1N(C)C)[C@H](C)c1ccccc1. The largest absolute Gasteiger partial charge is 0.377 e. The van der Waals surface area contributed by atoms with Gasteiger partial charge in [0.2, 0.25) is 5.91 Å². The zero-order valence-corrected chi connectivity index (χ0v) is 18.9. The molecule has 2 rings (SSSR count). The van der Waals surface area contributed by atoms with Crippen molar-refractivity contribution in [2.75, 3.05) is 30.9 Å². The summed E-state index contributed by atoms with van der Waals surface area (Å²) in [6.45, 7) is 8.65. The van der Waals surface area contributed by atoms with Gasteiger partial charge in [-0.3, -0.25) is 4.79 Å². The number of benzene rings is 2. The van der Waals surface area contributed by atoms with Crippen LogP contribution in [0, 0.1) is 5.92 Å². The van der Waals surface area contributed by atoms with Crippen LogP contribution in [-0.4, -0.2) is 37.5 Å². The number of urea groups is 1. The number of nitrogens with one attached hydrogen (secondary N) is 2. The van der Waals surface area contributed by atoms with E-state index in [9.17, 15) is 9.59 Å². The first-order chi connectivity index (χ1) is 14.2. The van der Waals surface area contributed by atoms with Crippen molar-refractivity contribution in [2.45, 2.75) is 40.3 Å². The second-order valence-corrected chi connectivity index (χ2v) is 7.93. The van der Waals surface area contributed by atoms with Gasteiger partial charge in [0.15, 0.2) is 0 Å². The molecule has 0 radical (unpaired) electrons. The first-order valence-corrected chi connectivity index (χ1v) is 10.4. The molecule has 1 atom stereocenters. The van der Waals surface area contributed by atoms with Gasteiger partial charge >= 0.3 is 6.03 Å². The second kappa shape index (κ2) is 10.7. The van der Waals surface area contributed by atoms with E-state index < -0.39 is 0 Å². The highest BCUT2D eigenvalue weighted by Crippen LogP contribution is 2.29. The fraction of sp³-hybridized carbons (Fsp3) is 0.417. The van der Waals surface area contributed by atoms with Crippen LogP contribution in [0.3, 0.4) is 0 Å². The van der Waals surface area contributed by atoms with Crippen molar-refractivity contribution in [3.63, 3.8) is 0 Å². The van der Waals surface area contributed by atoms with Crippen molar-refractivity contribution in [3.05, 3.63) is 59.7 Å². The molecule has 3 amide bonds. The molecule has 6 heteroatoms. The van der Waals surface area contributed by atoms with Gasteiger partial charge in [0.05, 0.1) is 12.6 Å². The minimum atomic E-state index is -0.116. The number of anilines is 2. The summed E-state index contributed by atoms with van der Waals surface area (Å²) in [5, 5.41) is 5.89. The normalized spacial score (nSPS) is 11.7. The molecule has 2 aromatic rings. The first-order valence-electron chi connectivity index (χ1n) is 10.4. The lowest BCUT2D eigenvalue weighted by atomic mass is 10.0. The number of carbonyl (C=O) groups excluding carboxylic acids is 2. The van der Waals surface area contributed by atoms with Crippen molar-refractivity contribution in [1.29, 1.82) is 0 Å². The van der Waals surface area contributed by atoms with E-state index in [1.165, 1.54) is 0 Å². The molecule has 0 unspecified atom stereocenters. The van der Waals surface area contributed by atoms with Gasteiger partial charge in [0, 0.05) is 37.9 Å². The van der Waals surface area contributed by atoms with Crippen LogP contribution in [0.25, 0.3) is 0 Å². The summed E-state index contributed by atoms with van der Waals surface area (Å²) in [5.74, 6) is -0.135. The molecular weight excluding hydrogens is 376 g/mol. The van der Waals surface area contributed by atoms with Crippen LogP contribution in [-0.2, 0) is 11.3 Å². The number of carbonyl (C=O) groups is 2. The highest BCUT2D eigenvalue weighted by molar-refractivity contribution is 5.92. The lowest BCUT2D eigenvalue weighted by molar-refractivity contribution is -0.118. The Hall–Kier alpha value is -3.02. The molecule has 0 heterocycles. The van der Waals surface area contributed by atoms with Gasteiger partial charge in [-0.25, -0.2) is 4.79 Å². The van der Waals surface area contributed by atoms with E-state index in [2.05, 4.69) is 10.6 Å². The van der Waals surface area contributed by atoms with E-state index in [1.807, 2.05) is 100 Å². The van der Waals surface area contributed by atoms with Gasteiger partial charge in [0.25, 0.3) is 0 Å². The fourth-order valence-electron chi connectivity index (χ4n) is 3.25. The number of nitrogens with zero attached hydrogens (tertiary/aromatic N) is 2. The minimum Gasteiger partial charge on any atom is -0.377 e. The maximum Gasteiger partial charge on any atom is 0.318 e. The molecule has 0 saturated heterocycles. The van der Waals surface area contributed by atoms with E-state index in [1.54, 1.807) is 0 Å². The standard InChI is InChI=1S/C24H34N4O2/c1-7-25-24(30)28(18(4)19-11-9-8-10-12-19)16-20-15-21(26-23(29)17(2)3)13-14-22(20)27(5)6/h8-15,17-18H,7,16H2,1-6H3,(H,25,30)(H,26,29)/t18-/m1/s1. The van der Waals surface area contributed by atoms with Gasteiger partial charge in [-0.1, -0.05) is 44.2 Å². The molecule has 0 spiro atoms. The summed E-state index contributed by atoms with van der Waals surface area (Å²) in [6.07, 6.45) is 0. The average Bonchev–Trinajstić information content (AvgIpc) is 2.72. The fourth-order valence-corrected chi connectivity index (χ4v) is 3.25. The third-order valence-corrected chi connectivity index (χ3v) is 5.03. The average molecular weight is 411 g/mol. The van der Waals surface area contributed by atoms with Crippen molar-refractivity contribution in [2.24, 2.45) is 5.92 Å². The van der Waals surface area contributed by atoms with Gasteiger partial charge < -0.3 is 20.4 Å². The van der Waals surface area contributed by atoms with Crippen LogP contribution >= 0.6 is 0 Å². The Balaban J connectivity index is 2.41.